The molecule has 4 rings (SSSR count). The molecule has 8 nitrogen and oxygen atoms in total. The number of nitrogens with zero attached hydrogens (tertiary/aromatic N) is 3. The summed E-state index contributed by atoms with van der Waals surface area (Å²) < 4.78 is 49.3. The van der Waals surface area contributed by atoms with Gasteiger partial charge in [-0.25, -0.2) is 19.4 Å². The highest BCUT2D eigenvalue weighted by Gasteiger charge is 2.50. The fourth-order valence-electron chi connectivity index (χ4n) is 3.97. The van der Waals surface area contributed by atoms with Crippen molar-refractivity contribution in [3.8, 4) is 5.88 Å². The highest BCUT2D eigenvalue weighted by atomic mass is 32.2. The molecule has 1 saturated heterocycles. The molecule has 0 aliphatic carbocycles. The van der Waals surface area contributed by atoms with E-state index >= 15 is 4.39 Å². The van der Waals surface area contributed by atoms with Gasteiger partial charge in [-0.05, 0) is 24.1 Å². The molecular formula is C20H20F3N5O3S. The highest BCUT2D eigenvalue weighted by Crippen LogP contribution is 2.47. The minimum absolute atomic E-state index is 0.00208. The first-order valence-corrected chi connectivity index (χ1v) is 10.7. The van der Waals surface area contributed by atoms with Crippen LogP contribution in [0.25, 0.3) is 0 Å². The number of nitrogens with one attached hydrogen (secondary N) is 1. The molecule has 1 amide bonds. The number of amidine groups is 1. The van der Waals surface area contributed by atoms with E-state index in [0.717, 1.165) is 12.4 Å². The van der Waals surface area contributed by atoms with Gasteiger partial charge in [-0.2, -0.15) is 8.78 Å². The predicted octanol–water partition coefficient (Wildman–Crippen LogP) is 3.01. The van der Waals surface area contributed by atoms with Gasteiger partial charge in [0.15, 0.2) is 5.17 Å². The monoisotopic (exact) mass is 467 g/mol. The van der Waals surface area contributed by atoms with Gasteiger partial charge in [0.05, 0.1) is 19.0 Å². The second-order valence-electron chi connectivity index (χ2n) is 7.55. The molecule has 3 N–H and O–H groups in total. The van der Waals surface area contributed by atoms with Gasteiger partial charge in [0, 0.05) is 29.5 Å². The maximum absolute atomic E-state index is 15.0. The van der Waals surface area contributed by atoms with Crippen LogP contribution in [0.3, 0.4) is 0 Å². The zero-order valence-electron chi connectivity index (χ0n) is 16.9. The van der Waals surface area contributed by atoms with Crippen molar-refractivity contribution in [3.05, 3.63) is 47.7 Å². The Morgan fingerprint density at radius 1 is 1.38 bits per heavy atom. The molecule has 170 valence electrons. The largest absolute Gasteiger partial charge is 0.415 e. The molecule has 0 bridgehead atoms. The van der Waals surface area contributed by atoms with Crippen molar-refractivity contribution in [2.75, 3.05) is 24.3 Å². The van der Waals surface area contributed by atoms with E-state index in [1.165, 1.54) is 30.0 Å². The van der Waals surface area contributed by atoms with Crippen molar-refractivity contribution in [3.63, 3.8) is 0 Å². The topological polar surface area (TPSA) is 112 Å². The summed E-state index contributed by atoms with van der Waals surface area (Å²) in [5, 5.41) is 2.97. The van der Waals surface area contributed by atoms with E-state index in [1.807, 2.05) is 6.92 Å². The minimum atomic E-state index is -3.05. The fourth-order valence-corrected chi connectivity index (χ4v) is 5.15. The minimum Gasteiger partial charge on any atom is -0.415 e. The lowest BCUT2D eigenvalue weighted by molar-refractivity contribution is -0.0531. The zero-order valence-corrected chi connectivity index (χ0v) is 17.7. The van der Waals surface area contributed by atoms with Crippen LogP contribution in [0.1, 0.15) is 23.0 Å². The van der Waals surface area contributed by atoms with E-state index in [-0.39, 0.29) is 29.7 Å². The molecule has 0 spiro atoms. The average Bonchev–Trinajstić information content (AvgIpc) is 2.75. The Kier molecular flexibility index (Phi) is 6.24. The standard InChI is InChI=1S/C20H20F3N5O3S/c1-10-7-30-9-20(13(10)8-32-19(24)28-20)12-4-11(2-3-14(12)21)27-17(29)15-5-26-16(6-25-15)31-18(22)23/h2-6,10,13,18H,7-9H2,1H3,(H2,24,28)(H,27,29)/t10-,13+,20+/m0/s1. The summed E-state index contributed by atoms with van der Waals surface area (Å²) in [4.78, 5) is 24.5. The SMILES string of the molecule is C[C@H]1COC[C@]2(c3cc(NC(=O)c4cnc(OC(F)F)cn4)ccc3F)N=C(N)SC[C@H]12. The number of aliphatic imine (C=N–C) groups is 1. The maximum Gasteiger partial charge on any atom is 0.388 e. The number of ether oxygens (including phenoxy) is 2. The highest BCUT2D eigenvalue weighted by molar-refractivity contribution is 8.13. The number of hydrogen-bond acceptors (Lipinski definition) is 8. The van der Waals surface area contributed by atoms with Crippen LogP contribution in [-0.4, -0.2) is 46.6 Å². The van der Waals surface area contributed by atoms with Gasteiger partial charge in [-0.1, -0.05) is 18.7 Å². The van der Waals surface area contributed by atoms with Crippen LogP contribution in [0.15, 0.2) is 35.6 Å². The molecule has 0 radical (unpaired) electrons. The third kappa shape index (κ3) is 4.37. The summed E-state index contributed by atoms with van der Waals surface area (Å²) in [6.07, 6.45) is 1.92. The number of thioether (sulfide) groups is 1. The second-order valence-corrected chi connectivity index (χ2v) is 8.59. The van der Waals surface area contributed by atoms with E-state index in [2.05, 4.69) is 25.0 Å². The molecule has 1 fully saturated rings. The first kappa shape index (κ1) is 22.3. The van der Waals surface area contributed by atoms with Crippen LogP contribution < -0.4 is 15.8 Å². The fraction of sp³-hybridized carbons (Fsp3) is 0.400. The third-order valence-electron chi connectivity index (χ3n) is 5.48. The molecule has 2 aromatic rings. The van der Waals surface area contributed by atoms with Gasteiger partial charge >= 0.3 is 6.61 Å². The van der Waals surface area contributed by atoms with Gasteiger partial charge in [0.2, 0.25) is 5.88 Å². The lowest BCUT2D eigenvalue weighted by Crippen LogP contribution is -2.51. The average molecular weight is 467 g/mol. The maximum atomic E-state index is 15.0. The van der Waals surface area contributed by atoms with Crippen LogP contribution in [0.4, 0.5) is 18.9 Å². The Balaban J connectivity index is 1.61. The smallest absolute Gasteiger partial charge is 0.388 e. The van der Waals surface area contributed by atoms with E-state index < -0.39 is 29.8 Å². The Morgan fingerprint density at radius 2 is 2.19 bits per heavy atom. The molecule has 0 saturated carbocycles. The number of benzene rings is 1. The van der Waals surface area contributed by atoms with Gasteiger partial charge in [0.1, 0.15) is 17.1 Å². The predicted molar refractivity (Wildman–Crippen MR) is 112 cm³/mol. The first-order chi connectivity index (χ1) is 15.3. The third-order valence-corrected chi connectivity index (χ3v) is 6.40. The van der Waals surface area contributed by atoms with Crippen molar-refractivity contribution in [1.82, 2.24) is 9.97 Å². The lowest BCUT2D eigenvalue weighted by atomic mass is 9.72. The van der Waals surface area contributed by atoms with Crippen molar-refractivity contribution in [2.45, 2.75) is 19.1 Å². The molecule has 12 heteroatoms. The van der Waals surface area contributed by atoms with E-state index in [1.54, 1.807) is 0 Å². The van der Waals surface area contributed by atoms with E-state index in [4.69, 9.17) is 10.5 Å². The summed E-state index contributed by atoms with van der Waals surface area (Å²) in [7, 11) is 0. The second kappa shape index (κ2) is 8.94. The Labute approximate surface area is 185 Å². The van der Waals surface area contributed by atoms with Crippen molar-refractivity contribution >= 4 is 28.5 Å². The van der Waals surface area contributed by atoms with Crippen LogP contribution in [-0.2, 0) is 10.3 Å². The molecule has 3 atom stereocenters. The number of aromatic nitrogens is 2. The molecule has 3 heterocycles. The molecule has 2 aliphatic heterocycles. The lowest BCUT2D eigenvalue weighted by Gasteiger charge is -2.47. The number of carbonyl (C=O) groups is 1. The van der Waals surface area contributed by atoms with Gasteiger partial charge in [0.25, 0.3) is 5.91 Å². The van der Waals surface area contributed by atoms with Crippen molar-refractivity contribution in [2.24, 2.45) is 22.6 Å². The van der Waals surface area contributed by atoms with Gasteiger partial charge in [-0.3, -0.25) is 4.79 Å². The molecule has 0 unspecified atom stereocenters. The number of fused-ring (bicyclic) bond motifs is 1. The summed E-state index contributed by atoms with van der Waals surface area (Å²) >= 11 is 1.43. The van der Waals surface area contributed by atoms with Crippen molar-refractivity contribution in [1.29, 1.82) is 0 Å². The summed E-state index contributed by atoms with van der Waals surface area (Å²) in [6, 6.07) is 4.16. The van der Waals surface area contributed by atoms with E-state index in [9.17, 15) is 13.6 Å². The Hall–Kier alpha value is -2.86. The summed E-state index contributed by atoms with van der Waals surface area (Å²) in [6.45, 7) is -0.301. The van der Waals surface area contributed by atoms with Crippen LogP contribution >= 0.6 is 11.8 Å². The Bertz CT molecular complexity index is 1040. The van der Waals surface area contributed by atoms with Gasteiger partial charge < -0.3 is 20.5 Å². The normalized spacial score (nSPS) is 25.1. The Morgan fingerprint density at radius 3 is 2.91 bits per heavy atom. The molecule has 2 aliphatic rings. The number of carbonyl (C=O) groups excluding carboxylic acids is 1. The number of alkyl halides is 2. The summed E-state index contributed by atoms with van der Waals surface area (Å²) in [5.41, 5.74) is 5.45. The molecule has 32 heavy (non-hydrogen) atoms. The zero-order chi connectivity index (χ0) is 22.9. The van der Waals surface area contributed by atoms with Crippen LogP contribution in [0.5, 0.6) is 5.88 Å². The van der Waals surface area contributed by atoms with Crippen molar-refractivity contribution < 1.29 is 27.4 Å². The van der Waals surface area contributed by atoms with Gasteiger partial charge in [-0.15, -0.1) is 0 Å². The number of anilines is 1. The van der Waals surface area contributed by atoms with Crippen LogP contribution in [0.2, 0.25) is 0 Å². The number of amides is 1. The molecular weight excluding hydrogens is 447 g/mol. The number of hydrogen-bond donors (Lipinski definition) is 2. The summed E-state index contributed by atoms with van der Waals surface area (Å²) in [5.74, 6) is -0.732. The number of halogens is 3. The molecule has 1 aromatic carbocycles. The molecule has 1 aromatic heterocycles. The number of nitrogens with two attached hydrogens (primary N) is 1. The van der Waals surface area contributed by atoms with E-state index in [0.29, 0.717) is 23.2 Å². The quantitative estimate of drug-likeness (QED) is 0.695. The first-order valence-electron chi connectivity index (χ1n) is 9.72. The van der Waals surface area contributed by atoms with Crippen LogP contribution in [0, 0.1) is 17.7 Å². The number of rotatable bonds is 5.